The lowest BCUT2D eigenvalue weighted by atomic mass is 9.99. The van der Waals surface area contributed by atoms with Gasteiger partial charge in [-0.25, -0.2) is 0 Å². The van der Waals surface area contributed by atoms with Crippen LogP contribution >= 0.6 is 19.2 Å². The maximum atomic E-state index is 12.2. The SMILES string of the molecule is COP(=O)(OC)C1=C(Cl)CC(C)=C(C)C1. The second-order valence-electron chi connectivity index (χ2n) is 3.63. The van der Waals surface area contributed by atoms with Gasteiger partial charge in [0.1, 0.15) is 0 Å². The van der Waals surface area contributed by atoms with E-state index in [0.717, 1.165) is 0 Å². The summed E-state index contributed by atoms with van der Waals surface area (Å²) in [7, 11) is -0.409. The van der Waals surface area contributed by atoms with Crippen molar-refractivity contribution in [2.75, 3.05) is 14.2 Å². The molecule has 0 spiro atoms. The lowest BCUT2D eigenvalue weighted by molar-refractivity contribution is 0.282. The monoisotopic (exact) mass is 250 g/mol. The molecule has 0 bridgehead atoms. The van der Waals surface area contributed by atoms with Crippen LogP contribution in [0.15, 0.2) is 21.5 Å². The third kappa shape index (κ3) is 2.54. The van der Waals surface area contributed by atoms with Crippen LogP contribution in [0.4, 0.5) is 0 Å². The lowest BCUT2D eigenvalue weighted by Gasteiger charge is -2.23. The number of rotatable bonds is 3. The van der Waals surface area contributed by atoms with E-state index in [2.05, 4.69) is 0 Å². The van der Waals surface area contributed by atoms with E-state index in [1.807, 2.05) is 13.8 Å². The van der Waals surface area contributed by atoms with Crippen molar-refractivity contribution in [2.24, 2.45) is 0 Å². The molecule has 0 fully saturated rings. The molecule has 0 radical (unpaired) electrons. The van der Waals surface area contributed by atoms with Crippen molar-refractivity contribution >= 4 is 19.2 Å². The molecule has 0 amide bonds. The molecule has 5 heteroatoms. The van der Waals surface area contributed by atoms with Gasteiger partial charge in [0.05, 0.1) is 5.31 Å². The Balaban J connectivity index is 3.07. The number of halogens is 1. The molecule has 0 saturated carbocycles. The van der Waals surface area contributed by atoms with Crippen LogP contribution in [-0.4, -0.2) is 14.2 Å². The van der Waals surface area contributed by atoms with Gasteiger partial charge in [0.2, 0.25) is 0 Å². The van der Waals surface area contributed by atoms with E-state index >= 15 is 0 Å². The Hall–Kier alpha value is -0.0800. The molecule has 3 nitrogen and oxygen atoms in total. The fraction of sp³-hybridized carbons (Fsp3) is 0.600. The Bertz CT molecular complexity index is 363. The van der Waals surface area contributed by atoms with E-state index in [1.54, 1.807) is 0 Å². The molecule has 0 aliphatic heterocycles. The van der Waals surface area contributed by atoms with Gasteiger partial charge in [0.15, 0.2) is 0 Å². The van der Waals surface area contributed by atoms with E-state index in [9.17, 15) is 4.57 Å². The van der Waals surface area contributed by atoms with Crippen LogP contribution in [0.3, 0.4) is 0 Å². The molecule has 0 aromatic rings. The molecular weight excluding hydrogens is 235 g/mol. The van der Waals surface area contributed by atoms with Gasteiger partial charge in [-0.3, -0.25) is 4.57 Å². The summed E-state index contributed by atoms with van der Waals surface area (Å²) < 4.78 is 22.1. The molecule has 1 aliphatic rings. The van der Waals surface area contributed by atoms with Crippen molar-refractivity contribution in [3.63, 3.8) is 0 Å². The molecule has 1 aliphatic carbocycles. The van der Waals surface area contributed by atoms with E-state index in [4.69, 9.17) is 20.6 Å². The second-order valence-corrected chi connectivity index (χ2v) is 6.35. The van der Waals surface area contributed by atoms with Gasteiger partial charge in [-0.05, 0) is 13.8 Å². The number of hydrogen-bond donors (Lipinski definition) is 0. The largest absolute Gasteiger partial charge is 0.358 e. The summed E-state index contributed by atoms with van der Waals surface area (Å²) in [6.45, 7) is 4.04. The predicted molar refractivity (Wildman–Crippen MR) is 62.1 cm³/mol. The lowest BCUT2D eigenvalue weighted by Crippen LogP contribution is -2.02. The van der Waals surface area contributed by atoms with Crippen molar-refractivity contribution < 1.29 is 13.6 Å². The van der Waals surface area contributed by atoms with Crippen LogP contribution < -0.4 is 0 Å². The smallest absolute Gasteiger partial charge is 0.309 e. The van der Waals surface area contributed by atoms with Crippen molar-refractivity contribution in [1.29, 1.82) is 0 Å². The zero-order valence-corrected chi connectivity index (χ0v) is 11.1. The highest BCUT2D eigenvalue weighted by Crippen LogP contribution is 2.60. The third-order valence-electron chi connectivity index (χ3n) is 2.71. The first-order valence-electron chi connectivity index (χ1n) is 4.69. The quantitative estimate of drug-likeness (QED) is 0.560. The van der Waals surface area contributed by atoms with E-state index in [-0.39, 0.29) is 0 Å². The Kier molecular flexibility index (Phi) is 4.19. The highest BCUT2D eigenvalue weighted by atomic mass is 35.5. The Morgan fingerprint density at radius 3 is 2.07 bits per heavy atom. The molecule has 15 heavy (non-hydrogen) atoms. The van der Waals surface area contributed by atoms with Crippen molar-refractivity contribution in [3.8, 4) is 0 Å². The first kappa shape index (κ1) is 13.0. The molecule has 1 rings (SSSR count). The maximum Gasteiger partial charge on any atom is 0.358 e. The summed E-state index contributed by atoms with van der Waals surface area (Å²) in [6.07, 6.45) is 1.21. The van der Waals surface area contributed by atoms with Gasteiger partial charge >= 0.3 is 7.60 Å². The standard InChI is InChI=1S/C10H16ClO3P/c1-7-5-9(11)10(6-8(7)2)15(12,13-3)14-4/h5-6H2,1-4H3. The minimum atomic E-state index is -3.16. The minimum Gasteiger partial charge on any atom is -0.309 e. The third-order valence-corrected chi connectivity index (χ3v) is 5.25. The molecule has 0 unspecified atom stereocenters. The summed E-state index contributed by atoms with van der Waals surface area (Å²) >= 11 is 6.10. The highest BCUT2D eigenvalue weighted by Gasteiger charge is 2.32. The van der Waals surface area contributed by atoms with Gasteiger partial charge in [0.25, 0.3) is 0 Å². The average molecular weight is 251 g/mol. The number of hydrogen-bond acceptors (Lipinski definition) is 3. The molecule has 0 heterocycles. The molecule has 0 aromatic heterocycles. The predicted octanol–water partition coefficient (Wildman–Crippen LogP) is 4.05. The molecule has 0 N–H and O–H groups in total. The second kappa shape index (κ2) is 4.84. The molecule has 86 valence electrons. The van der Waals surface area contributed by atoms with Gasteiger partial charge in [-0.1, -0.05) is 22.7 Å². The fourth-order valence-electron chi connectivity index (χ4n) is 1.52. The Labute approximate surface area is 95.6 Å². The van der Waals surface area contributed by atoms with Gasteiger partial charge in [-0.2, -0.15) is 0 Å². The van der Waals surface area contributed by atoms with Crippen molar-refractivity contribution in [3.05, 3.63) is 21.5 Å². The summed E-state index contributed by atoms with van der Waals surface area (Å²) in [6, 6.07) is 0. The van der Waals surface area contributed by atoms with Crippen molar-refractivity contribution in [1.82, 2.24) is 0 Å². The maximum absolute atomic E-state index is 12.2. The van der Waals surface area contributed by atoms with E-state index in [1.165, 1.54) is 25.4 Å². The van der Waals surface area contributed by atoms with Gasteiger partial charge in [0, 0.05) is 32.1 Å². The number of allylic oxidation sites excluding steroid dienone is 4. The van der Waals surface area contributed by atoms with E-state index in [0.29, 0.717) is 23.2 Å². The van der Waals surface area contributed by atoms with Crippen molar-refractivity contribution in [2.45, 2.75) is 26.7 Å². The zero-order valence-electron chi connectivity index (χ0n) is 9.46. The van der Waals surface area contributed by atoms with Gasteiger partial charge in [-0.15, -0.1) is 0 Å². The van der Waals surface area contributed by atoms with Crippen LogP contribution in [0.1, 0.15) is 26.7 Å². The molecule has 0 aromatic carbocycles. The van der Waals surface area contributed by atoms with Crippen LogP contribution in [0.2, 0.25) is 0 Å². The molecular formula is C10H16ClO3P. The normalized spacial score (nSPS) is 18.7. The van der Waals surface area contributed by atoms with Gasteiger partial charge < -0.3 is 9.05 Å². The average Bonchev–Trinajstić information content (AvgIpc) is 2.22. The zero-order chi connectivity index (χ0) is 11.6. The fourth-order valence-corrected chi connectivity index (χ4v) is 3.50. The summed E-state index contributed by atoms with van der Waals surface area (Å²) in [5.74, 6) is 0. The Morgan fingerprint density at radius 1 is 1.13 bits per heavy atom. The van der Waals surface area contributed by atoms with Crippen LogP contribution in [0.25, 0.3) is 0 Å². The first-order valence-corrected chi connectivity index (χ1v) is 6.61. The van der Waals surface area contributed by atoms with Crippen LogP contribution in [0, 0.1) is 0 Å². The van der Waals surface area contributed by atoms with E-state index < -0.39 is 7.60 Å². The molecule has 0 saturated heterocycles. The topological polar surface area (TPSA) is 35.5 Å². The van der Waals surface area contributed by atoms with Crippen LogP contribution in [-0.2, 0) is 13.6 Å². The van der Waals surface area contributed by atoms with Crippen LogP contribution in [0.5, 0.6) is 0 Å². The first-order chi connectivity index (χ1) is 6.94. The summed E-state index contributed by atoms with van der Waals surface area (Å²) in [5, 5.41) is 1.18. The summed E-state index contributed by atoms with van der Waals surface area (Å²) in [5.41, 5.74) is 2.41. The minimum absolute atomic E-state index is 0.573. The molecule has 0 atom stereocenters. The highest BCUT2D eigenvalue weighted by molar-refractivity contribution is 7.58. The summed E-state index contributed by atoms with van der Waals surface area (Å²) in [4.78, 5) is 0. The Morgan fingerprint density at radius 2 is 1.60 bits per heavy atom.